The molecule has 1 aromatic carbocycles. The van der Waals surface area contributed by atoms with Crippen LogP contribution in [0, 0.1) is 12.3 Å². The SMILES string of the molecule is C#CC(CCC)NCc1cccc2[nH]ccc12. The predicted octanol–water partition coefficient (Wildman–Crippen LogP) is 3.06. The molecule has 0 radical (unpaired) electrons. The standard InChI is InChI=1S/C15H18N2/c1-3-6-13(4-2)17-11-12-7-5-8-15-14(12)9-10-16-15/h2,5,7-10,13,16-17H,3,6,11H2,1H3. The van der Waals surface area contributed by atoms with E-state index in [-0.39, 0.29) is 6.04 Å². The van der Waals surface area contributed by atoms with Gasteiger partial charge in [-0.1, -0.05) is 31.4 Å². The number of fused-ring (bicyclic) bond motifs is 1. The Balaban J connectivity index is 2.08. The molecular weight excluding hydrogens is 208 g/mol. The third kappa shape index (κ3) is 2.69. The molecule has 2 N–H and O–H groups in total. The molecule has 17 heavy (non-hydrogen) atoms. The van der Waals surface area contributed by atoms with E-state index in [4.69, 9.17) is 6.42 Å². The van der Waals surface area contributed by atoms with Crippen LogP contribution in [0.5, 0.6) is 0 Å². The third-order valence-corrected chi connectivity index (χ3v) is 3.00. The molecular formula is C15H18N2. The first-order valence-corrected chi connectivity index (χ1v) is 6.09. The number of aromatic amines is 1. The van der Waals surface area contributed by atoms with Crippen LogP contribution in [0.3, 0.4) is 0 Å². The van der Waals surface area contributed by atoms with E-state index < -0.39 is 0 Å². The first-order chi connectivity index (χ1) is 8.35. The second-order valence-corrected chi connectivity index (χ2v) is 4.24. The molecule has 0 bridgehead atoms. The molecule has 1 unspecified atom stereocenters. The van der Waals surface area contributed by atoms with Gasteiger partial charge in [0.15, 0.2) is 0 Å². The molecule has 1 aromatic heterocycles. The van der Waals surface area contributed by atoms with Gasteiger partial charge in [-0.2, -0.15) is 0 Å². The van der Waals surface area contributed by atoms with E-state index in [1.54, 1.807) is 0 Å². The summed E-state index contributed by atoms with van der Waals surface area (Å²) in [5.41, 5.74) is 2.47. The molecule has 0 spiro atoms. The first-order valence-electron chi connectivity index (χ1n) is 6.09. The maximum Gasteiger partial charge on any atom is 0.0689 e. The molecule has 0 saturated carbocycles. The number of benzene rings is 1. The van der Waals surface area contributed by atoms with Crippen molar-refractivity contribution in [3.8, 4) is 12.3 Å². The van der Waals surface area contributed by atoms with Crippen LogP contribution in [0.4, 0.5) is 0 Å². The molecule has 0 aliphatic heterocycles. The van der Waals surface area contributed by atoms with Gasteiger partial charge in [0.25, 0.3) is 0 Å². The summed E-state index contributed by atoms with van der Waals surface area (Å²) in [6.07, 6.45) is 9.60. The largest absolute Gasteiger partial charge is 0.361 e. The zero-order valence-electron chi connectivity index (χ0n) is 10.2. The Morgan fingerprint density at radius 3 is 3.06 bits per heavy atom. The third-order valence-electron chi connectivity index (χ3n) is 3.00. The van der Waals surface area contributed by atoms with E-state index >= 15 is 0 Å². The summed E-state index contributed by atoms with van der Waals surface area (Å²) in [5.74, 6) is 2.80. The van der Waals surface area contributed by atoms with Crippen LogP contribution in [0.15, 0.2) is 30.5 Å². The highest BCUT2D eigenvalue weighted by atomic mass is 14.9. The summed E-state index contributed by atoms with van der Waals surface area (Å²) in [6, 6.07) is 8.58. The zero-order chi connectivity index (χ0) is 12.1. The van der Waals surface area contributed by atoms with Crippen LogP contribution in [-0.2, 0) is 6.54 Å². The van der Waals surface area contributed by atoms with Crippen LogP contribution in [0.25, 0.3) is 10.9 Å². The highest BCUT2D eigenvalue weighted by Gasteiger charge is 2.05. The molecule has 2 heteroatoms. The minimum atomic E-state index is 0.175. The summed E-state index contributed by atoms with van der Waals surface area (Å²) in [7, 11) is 0. The topological polar surface area (TPSA) is 27.8 Å². The van der Waals surface area contributed by atoms with E-state index in [0.717, 1.165) is 19.4 Å². The highest BCUT2D eigenvalue weighted by molar-refractivity contribution is 5.82. The van der Waals surface area contributed by atoms with Crippen LogP contribution in [-0.4, -0.2) is 11.0 Å². The molecule has 88 valence electrons. The van der Waals surface area contributed by atoms with Gasteiger partial charge >= 0.3 is 0 Å². The number of hydrogen-bond donors (Lipinski definition) is 2. The molecule has 0 aliphatic rings. The fourth-order valence-electron chi connectivity index (χ4n) is 2.07. The Bertz CT molecular complexity index is 519. The molecule has 0 fully saturated rings. The van der Waals surface area contributed by atoms with E-state index in [9.17, 15) is 0 Å². The molecule has 0 amide bonds. The second kappa shape index (κ2) is 5.56. The van der Waals surface area contributed by atoms with Gasteiger partial charge in [-0.15, -0.1) is 6.42 Å². The second-order valence-electron chi connectivity index (χ2n) is 4.24. The summed E-state index contributed by atoms with van der Waals surface area (Å²) >= 11 is 0. The highest BCUT2D eigenvalue weighted by Crippen LogP contribution is 2.17. The Morgan fingerprint density at radius 1 is 1.41 bits per heavy atom. The number of rotatable bonds is 5. The van der Waals surface area contributed by atoms with Crippen LogP contribution in [0.1, 0.15) is 25.3 Å². The van der Waals surface area contributed by atoms with Gasteiger partial charge in [0.1, 0.15) is 0 Å². The van der Waals surface area contributed by atoms with Crippen molar-refractivity contribution in [3.05, 3.63) is 36.0 Å². The van der Waals surface area contributed by atoms with Gasteiger partial charge in [0.05, 0.1) is 6.04 Å². The predicted molar refractivity (Wildman–Crippen MR) is 72.7 cm³/mol. The smallest absolute Gasteiger partial charge is 0.0689 e. The average Bonchev–Trinajstić information content (AvgIpc) is 2.83. The van der Waals surface area contributed by atoms with E-state index in [1.807, 2.05) is 6.20 Å². The number of nitrogens with one attached hydrogen (secondary N) is 2. The van der Waals surface area contributed by atoms with Crippen molar-refractivity contribution < 1.29 is 0 Å². The molecule has 2 nitrogen and oxygen atoms in total. The Labute approximate surface area is 102 Å². The summed E-state index contributed by atoms with van der Waals surface area (Å²) in [6.45, 7) is 2.98. The van der Waals surface area contributed by atoms with Crippen molar-refractivity contribution in [2.24, 2.45) is 0 Å². The summed E-state index contributed by atoms with van der Waals surface area (Å²) in [4.78, 5) is 3.22. The Kier molecular flexibility index (Phi) is 3.85. The van der Waals surface area contributed by atoms with Crippen LogP contribution in [0.2, 0.25) is 0 Å². The molecule has 2 aromatic rings. The average molecular weight is 226 g/mol. The Hall–Kier alpha value is -1.72. The molecule has 2 rings (SSSR count). The van der Waals surface area contributed by atoms with Crippen LogP contribution < -0.4 is 5.32 Å². The van der Waals surface area contributed by atoms with E-state index in [2.05, 4.69) is 47.4 Å². The van der Waals surface area contributed by atoms with Gasteiger partial charge in [0, 0.05) is 23.6 Å². The van der Waals surface area contributed by atoms with E-state index in [1.165, 1.54) is 16.5 Å². The molecule has 0 saturated heterocycles. The maximum atomic E-state index is 5.50. The van der Waals surface area contributed by atoms with Crippen molar-refractivity contribution in [1.29, 1.82) is 0 Å². The minimum Gasteiger partial charge on any atom is -0.361 e. The van der Waals surface area contributed by atoms with Gasteiger partial charge in [-0.3, -0.25) is 5.32 Å². The van der Waals surface area contributed by atoms with Crippen molar-refractivity contribution in [1.82, 2.24) is 10.3 Å². The lowest BCUT2D eigenvalue weighted by atomic mass is 10.1. The monoisotopic (exact) mass is 226 g/mol. The Morgan fingerprint density at radius 2 is 2.29 bits per heavy atom. The molecule has 1 heterocycles. The van der Waals surface area contributed by atoms with Gasteiger partial charge in [-0.05, 0) is 24.1 Å². The number of hydrogen-bond acceptors (Lipinski definition) is 1. The van der Waals surface area contributed by atoms with Crippen LogP contribution >= 0.6 is 0 Å². The van der Waals surface area contributed by atoms with Crippen molar-refractivity contribution in [2.75, 3.05) is 0 Å². The lowest BCUT2D eigenvalue weighted by Crippen LogP contribution is -2.26. The van der Waals surface area contributed by atoms with Crippen molar-refractivity contribution in [3.63, 3.8) is 0 Å². The number of terminal acetylenes is 1. The molecule has 1 atom stereocenters. The lowest BCUT2D eigenvalue weighted by molar-refractivity contribution is 0.564. The lowest BCUT2D eigenvalue weighted by Gasteiger charge is -2.12. The van der Waals surface area contributed by atoms with Gasteiger partial charge in [0.2, 0.25) is 0 Å². The number of H-pyrrole nitrogens is 1. The zero-order valence-corrected chi connectivity index (χ0v) is 10.2. The first kappa shape index (κ1) is 11.8. The van der Waals surface area contributed by atoms with Gasteiger partial charge < -0.3 is 4.98 Å². The van der Waals surface area contributed by atoms with Crippen molar-refractivity contribution >= 4 is 10.9 Å². The van der Waals surface area contributed by atoms with Gasteiger partial charge in [-0.25, -0.2) is 0 Å². The fraction of sp³-hybridized carbons (Fsp3) is 0.333. The number of aromatic nitrogens is 1. The summed E-state index contributed by atoms with van der Waals surface area (Å²) < 4.78 is 0. The summed E-state index contributed by atoms with van der Waals surface area (Å²) in [5, 5.41) is 4.69. The maximum absolute atomic E-state index is 5.50. The quantitative estimate of drug-likeness (QED) is 0.753. The van der Waals surface area contributed by atoms with Crippen molar-refractivity contribution in [2.45, 2.75) is 32.4 Å². The minimum absolute atomic E-state index is 0.175. The normalized spacial score (nSPS) is 12.5. The van der Waals surface area contributed by atoms with E-state index in [0.29, 0.717) is 0 Å². The fourth-order valence-corrected chi connectivity index (χ4v) is 2.07. The molecule has 0 aliphatic carbocycles.